The normalized spacial score (nSPS) is 28.3. The van der Waals surface area contributed by atoms with Gasteiger partial charge >= 0.3 is 12.1 Å². The Bertz CT molecular complexity index is 236. The Morgan fingerprint density at radius 2 is 2.07 bits per heavy atom. The number of alkyl halides is 3. The summed E-state index contributed by atoms with van der Waals surface area (Å²) >= 11 is 0. The lowest BCUT2D eigenvalue weighted by Crippen LogP contribution is -2.46. The summed E-state index contributed by atoms with van der Waals surface area (Å²) in [7, 11) is 0. The fraction of sp³-hybridized carbons (Fsp3) is 0.889. The van der Waals surface area contributed by atoms with Crippen molar-refractivity contribution in [1.82, 2.24) is 5.32 Å². The number of aliphatic carboxylic acids is 1. The summed E-state index contributed by atoms with van der Waals surface area (Å²) < 4.78 is 36.6. The predicted octanol–water partition coefficient (Wildman–Crippen LogP) is 1.64. The Hall–Kier alpha value is -0.780. The van der Waals surface area contributed by atoms with Gasteiger partial charge in [0.1, 0.15) is 0 Å². The highest BCUT2D eigenvalue weighted by molar-refractivity contribution is 5.71. The van der Waals surface area contributed by atoms with Gasteiger partial charge in [-0.25, -0.2) is 0 Å². The highest BCUT2D eigenvalue weighted by atomic mass is 19.4. The average molecular weight is 225 g/mol. The Balaban J connectivity index is 2.36. The van der Waals surface area contributed by atoms with Gasteiger partial charge in [0.05, 0.1) is 0 Å². The Kier molecular flexibility index (Phi) is 3.59. The minimum atomic E-state index is -4.67. The molecule has 15 heavy (non-hydrogen) atoms. The molecule has 1 atom stereocenters. The maximum Gasteiger partial charge on any atom is 0.403 e. The molecule has 0 bridgehead atoms. The minimum Gasteiger partial charge on any atom is -0.481 e. The third-order valence-electron chi connectivity index (χ3n) is 2.68. The van der Waals surface area contributed by atoms with Crippen LogP contribution in [-0.4, -0.2) is 29.8 Å². The molecule has 0 aromatic carbocycles. The number of hydrogen-bond donors (Lipinski definition) is 2. The zero-order valence-corrected chi connectivity index (χ0v) is 8.34. The molecular formula is C9H14F3NO2. The summed E-state index contributed by atoms with van der Waals surface area (Å²) in [6.07, 6.45) is -3.03. The van der Waals surface area contributed by atoms with Crippen LogP contribution in [0.2, 0.25) is 0 Å². The first-order valence-electron chi connectivity index (χ1n) is 4.83. The Morgan fingerprint density at radius 3 is 2.40 bits per heavy atom. The first-order chi connectivity index (χ1) is 6.80. The van der Waals surface area contributed by atoms with E-state index in [9.17, 15) is 18.0 Å². The number of nitrogens with one attached hydrogen (secondary N) is 1. The molecule has 1 rings (SSSR count). The van der Waals surface area contributed by atoms with Gasteiger partial charge in [0.15, 0.2) is 5.92 Å². The van der Waals surface area contributed by atoms with E-state index in [0.29, 0.717) is 5.92 Å². The number of carbonyl (C=O) groups is 1. The molecule has 1 unspecified atom stereocenters. The molecule has 0 aromatic heterocycles. The number of rotatable bonds is 4. The quantitative estimate of drug-likeness (QED) is 0.764. The highest BCUT2D eigenvalue weighted by Crippen LogP contribution is 2.29. The van der Waals surface area contributed by atoms with Crippen molar-refractivity contribution in [2.24, 2.45) is 11.8 Å². The molecule has 1 aliphatic carbocycles. The molecule has 1 fully saturated rings. The van der Waals surface area contributed by atoms with Crippen molar-refractivity contribution in [3.8, 4) is 0 Å². The van der Waals surface area contributed by atoms with Gasteiger partial charge in [-0.1, -0.05) is 6.92 Å². The average Bonchev–Trinajstić information content (AvgIpc) is 1.97. The maximum atomic E-state index is 12.2. The van der Waals surface area contributed by atoms with E-state index in [-0.39, 0.29) is 6.04 Å². The van der Waals surface area contributed by atoms with Crippen LogP contribution in [0.5, 0.6) is 0 Å². The van der Waals surface area contributed by atoms with E-state index in [1.807, 2.05) is 6.92 Å². The first kappa shape index (κ1) is 12.3. The monoisotopic (exact) mass is 225 g/mol. The molecule has 0 radical (unpaired) electrons. The number of carboxylic acids is 1. The van der Waals surface area contributed by atoms with Crippen molar-refractivity contribution in [2.75, 3.05) is 6.54 Å². The molecule has 3 nitrogen and oxygen atoms in total. The molecular weight excluding hydrogens is 211 g/mol. The van der Waals surface area contributed by atoms with Crippen LogP contribution in [0.1, 0.15) is 19.8 Å². The molecule has 0 saturated heterocycles. The molecule has 88 valence electrons. The molecule has 6 heteroatoms. The topological polar surface area (TPSA) is 49.3 Å². The summed E-state index contributed by atoms with van der Waals surface area (Å²) in [4.78, 5) is 10.4. The van der Waals surface area contributed by atoms with Crippen molar-refractivity contribution < 1.29 is 23.1 Å². The van der Waals surface area contributed by atoms with Crippen molar-refractivity contribution in [1.29, 1.82) is 0 Å². The fourth-order valence-electron chi connectivity index (χ4n) is 1.70. The largest absolute Gasteiger partial charge is 0.481 e. The summed E-state index contributed by atoms with van der Waals surface area (Å²) in [6.45, 7) is 1.48. The van der Waals surface area contributed by atoms with Crippen LogP contribution in [0, 0.1) is 11.8 Å². The third kappa shape index (κ3) is 3.37. The number of hydrogen-bond acceptors (Lipinski definition) is 2. The number of halogens is 3. The van der Waals surface area contributed by atoms with Gasteiger partial charge in [-0.05, 0) is 18.8 Å². The lowest BCUT2D eigenvalue weighted by Gasteiger charge is -2.34. The fourth-order valence-corrected chi connectivity index (χ4v) is 1.70. The van der Waals surface area contributed by atoms with E-state index in [4.69, 9.17) is 5.11 Å². The van der Waals surface area contributed by atoms with Crippen LogP contribution in [0.3, 0.4) is 0 Å². The SMILES string of the molecule is CC1CC(NCC(C(=O)O)C(F)(F)F)C1. The van der Waals surface area contributed by atoms with E-state index in [1.165, 1.54) is 0 Å². The second-order valence-electron chi connectivity index (χ2n) is 4.11. The van der Waals surface area contributed by atoms with Gasteiger partial charge in [0.2, 0.25) is 0 Å². The zero-order valence-electron chi connectivity index (χ0n) is 8.34. The molecule has 1 saturated carbocycles. The summed E-state index contributed by atoms with van der Waals surface area (Å²) in [5.41, 5.74) is 0. The lowest BCUT2D eigenvalue weighted by molar-refractivity contribution is -0.192. The lowest BCUT2D eigenvalue weighted by atomic mass is 9.82. The van der Waals surface area contributed by atoms with Crippen LogP contribution < -0.4 is 5.32 Å². The summed E-state index contributed by atoms with van der Waals surface area (Å²) in [6, 6.07) is 0.0456. The van der Waals surface area contributed by atoms with Crippen LogP contribution in [0.4, 0.5) is 13.2 Å². The molecule has 2 N–H and O–H groups in total. The van der Waals surface area contributed by atoms with Gasteiger partial charge in [-0.3, -0.25) is 4.79 Å². The molecule has 1 aliphatic rings. The Labute approximate surface area is 85.7 Å². The van der Waals surface area contributed by atoms with E-state index >= 15 is 0 Å². The summed E-state index contributed by atoms with van der Waals surface area (Å²) in [5, 5.41) is 11.0. The van der Waals surface area contributed by atoms with Crippen LogP contribution in [0.15, 0.2) is 0 Å². The minimum absolute atomic E-state index is 0.0456. The number of carboxylic acid groups (broad SMARTS) is 1. The second kappa shape index (κ2) is 4.38. The standard InChI is InChI=1S/C9H14F3NO2/c1-5-2-6(3-5)13-4-7(8(14)15)9(10,11)12/h5-7,13H,2-4H2,1H3,(H,14,15). The summed E-state index contributed by atoms with van der Waals surface area (Å²) in [5.74, 6) is -3.59. The van der Waals surface area contributed by atoms with Gasteiger partial charge in [-0.2, -0.15) is 13.2 Å². The van der Waals surface area contributed by atoms with Crippen LogP contribution in [-0.2, 0) is 4.79 Å². The smallest absolute Gasteiger partial charge is 0.403 e. The van der Waals surface area contributed by atoms with E-state index < -0.39 is 24.6 Å². The second-order valence-corrected chi connectivity index (χ2v) is 4.11. The van der Waals surface area contributed by atoms with E-state index in [1.54, 1.807) is 0 Å². The predicted molar refractivity (Wildman–Crippen MR) is 47.4 cm³/mol. The first-order valence-corrected chi connectivity index (χ1v) is 4.83. The van der Waals surface area contributed by atoms with Gasteiger partial charge < -0.3 is 10.4 Å². The maximum absolute atomic E-state index is 12.2. The third-order valence-corrected chi connectivity index (χ3v) is 2.68. The Morgan fingerprint density at radius 1 is 1.53 bits per heavy atom. The van der Waals surface area contributed by atoms with E-state index in [0.717, 1.165) is 12.8 Å². The zero-order chi connectivity index (χ0) is 11.6. The van der Waals surface area contributed by atoms with Crippen molar-refractivity contribution in [3.63, 3.8) is 0 Å². The molecule has 0 aliphatic heterocycles. The van der Waals surface area contributed by atoms with Gasteiger partial charge in [-0.15, -0.1) is 0 Å². The molecule has 0 aromatic rings. The van der Waals surface area contributed by atoms with Crippen molar-refractivity contribution in [2.45, 2.75) is 32.0 Å². The van der Waals surface area contributed by atoms with Gasteiger partial charge in [0.25, 0.3) is 0 Å². The van der Waals surface area contributed by atoms with Gasteiger partial charge in [0, 0.05) is 12.6 Å². The molecule has 0 amide bonds. The molecule has 0 heterocycles. The van der Waals surface area contributed by atoms with E-state index in [2.05, 4.69) is 5.32 Å². The highest BCUT2D eigenvalue weighted by Gasteiger charge is 2.45. The van der Waals surface area contributed by atoms with Crippen molar-refractivity contribution in [3.05, 3.63) is 0 Å². The molecule has 0 spiro atoms. The van der Waals surface area contributed by atoms with Crippen LogP contribution in [0.25, 0.3) is 0 Å². The van der Waals surface area contributed by atoms with Crippen LogP contribution >= 0.6 is 0 Å². The van der Waals surface area contributed by atoms with Crippen molar-refractivity contribution >= 4 is 5.97 Å².